The summed E-state index contributed by atoms with van der Waals surface area (Å²) < 4.78 is 78.3. The van der Waals surface area contributed by atoms with E-state index >= 15 is 0 Å². The molecule has 0 fully saturated rings. The Morgan fingerprint density at radius 3 is 1.13 bits per heavy atom. The maximum absolute atomic E-state index is 12.2. The molecular formula is C34H22NiO10S2. The molecule has 0 atom stereocenters. The van der Waals surface area contributed by atoms with Gasteiger partial charge >= 0.3 is 28.4 Å². The van der Waals surface area contributed by atoms with E-state index in [0.717, 1.165) is 12.1 Å². The van der Waals surface area contributed by atoms with Crippen LogP contribution in [-0.4, -0.2) is 37.9 Å². The summed E-state index contributed by atoms with van der Waals surface area (Å²) in [4.78, 5) is 23.5. The maximum Gasteiger partial charge on any atom is 2.00 e. The van der Waals surface area contributed by atoms with Gasteiger partial charge in [-0.15, -0.1) is 0 Å². The molecule has 240 valence electrons. The van der Waals surface area contributed by atoms with E-state index in [1.807, 2.05) is 0 Å². The van der Waals surface area contributed by atoms with E-state index in [4.69, 9.17) is 9.47 Å². The van der Waals surface area contributed by atoms with E-state index in [0.29, 0.717) is 32.7 Å². The van der Waals surface area contributed by atoms with Crippen LogP contribution in [0.3, 0.4) is 0 Å². The van der Waals surface area contributed by atoms with Gasteiger partial charge in [0, 0.05) is 10.8 Å². The Bertz CT molecular complexity index is 2130. The third-order valence-corrected chi connectivity index (χ3v) is 8.22. The second-order valence-electron chi connectivity index (χ2n) is 9.70. The van der Waals surface area contributed by atoms with Crippen molar-refractivity contribution in [3.63, 3.8) is 0 Å². The van der Waals surface area contributed by atoms with Crippen molar-refractivity contribution >= 4 is 53.7 Å². The molecule has 0 aliphatic carbocycles. The fraction of sp³-hybridized carbons (Fsp3) is 0. The summed E-state index contributed by atoms with van der Waals surface area (Å²) in [6, 6.07) is 34.8. The topological polar surface area (TPSA) is 167 Å². The van der Waals surface area contributed by atoms with Crippen LogP contribution >= 0.6 is 0 Å². The van der Waals surface area contributed by atoms with Crippen LogP contribution in [0.2, 0.25) is 0 Å². The number of hydrogen-bond donors (Lipinski definition) is 0. The summed E-state index contributed by atoms with van der Waals surface area (Å²) in [5.41, 5.74) is 0.652. The van der Waals surface area contributed by atoms with Crippen LogP contribution in [0.25, 0.3) is 21.5 Å². The first-order chi connectivity index (χ1) is 21.9. The average Bonchev–Trinajstić information content (AvgIpc) is 3.05. The van der Waals surface area contributed by atoms with Gasteiger partial charge in [0.1, 0.15) is 31.7 Å². The van der Waals surface area contributed by atoms with Gasteiger partial charge in [0.25, 0.3) is 0 Å². The van der Waals surface area contributed by atoms with E-state index in [-0.39, 0.29) is 28.0 Å². The fourth-order valence-electron chi connectivity index (χ4n) is 4.42. The molecule has 0 aliphatic heterocycles. The molecule has 10 nitrogen and oxygen atoms in total. The van der Waals surface area contributed by atoms with Crippen molar-refractivity contribution in [2.45, 2.75) is 9.79 Å². The Morgan fingerprint density at radius 2 is 0.787 bits per heavy atom. The molecule has 0 saturated heterocycles. The van der Waals surface area contributed by atoms with Crippen molar-refractivity contribution < 1.29 is 61.5 Å². The summed E-state index contributed by atoms with van der Waals surface area (Å²) in [6.45, 7) is 0. The number of hydrogen-bond acceptors (Lipinski definition) is 10. The zero-order valence-electron chi connectivity index (χ0n) is 23.9. The van der Waals surface area contributed by atoms with Crippen LogP contribution in [0.5, 0.6) is 11.5 Å². The Balaban J connectivity index is 0.000000208. The van der Waals surface area contributed by atoms with Crippen LogP contribution in [0.4, 0.5) is 0 Å². The predicted octanol–water partition coefficient (Wildman–Crippen LogP) is 5.92. The van der Waals surface area contributed by atoms with E-state index < -0.39 is 42.0 Å². The summed E-state index contributed by atoms with van der Waals surface area (Å²) in [7, 11) is -9.32. The molecule has 0 amide bonds. The van der Waals surface area contributed by atoms with Gasteiger partial charge in [-0.3, -0.25) is 0 Å². The van der Waals surface area contributed by atoms with Crippen molar-refractivity contribution in [2.75, 3.05) is 0 Å². The van der Waals surface area contributed by atoms with Crippen LogP contribution in [0.15, 0.2) is 143 Å². The van der Waals surface area contributed by atoms with Crippen LogP contribution in [0.1, 0.15) is 20.7 Å². The third kappa shape index (κ3) is 8.67. The summed E-state index contributed by atoms with van der Waals surface area (Å²) in [5.74, 6) is -1.19. The first-order valence-corrected chi connectivity index (χ1v) is 16.2. The number of carbonyl (C=O) groups excluding carboxylic acids is 2. The second-order valence-corrected chi connectivity index (χ2v) is 12.5. The van der Waals surface area contributed by atoms with Gasteiger partial charge < -0.3 is 18.6 Å². The van der Waals surface area contributed by atoms with Gasteiger partial charge in [0.05, 0.1) is 20.9 Å². The van der Waals surface area contributed by atoms with E-state index in [1.165, 1.54) is 12.1 Å². The molecular weight excluding hydrogens is 691 g/mol. The zero-order chi connectivity index (χ0) is 32.9. The Morgan fingerprint density at radius 1 is 0.468 bits per heavy atom. The van der Waals surface area contributed by atoms with Crippen molar-refractivity contribution in [2.24, 2.45) is 0 Å². The Kier molecular flexibility index (Phi) is 10.9. The summed E-state index contributed by atoms with van der Waals surface area (Å²) in [5, 5.41) is 2.09. The average molecular weight is 713 g/mol. The van der Waals surface area contributed by atoms with Crippen molar-refractivity contribution in [1.82, 2.24) is 0 Å². The van der Waals surface area contributed by atoms with Gasteiger partial charge in [-0.1, -0.05) is 84.9 Å². The summed E-state index contributed by atoms with van der Waals surface area (Å²) >= 11 is 0. The molecule has 0 N–H and O–H groups in total. The minimum absolute atomic E-state index is 0. The molecule has 0 aromatic heterocycles. The maximum atomic E-state index is 12.2. The number of carbonyl (C=O) groups is 2. The first kappa shape index (κ1) is 35.0. The molecule has 0 saturated carbocycles. The minimum atomic E-state index is -4.66. The molecule has 6 rings (SSSR count). The SMILES string of the molecule is O=C(Oc1cc(S(=O)(=O)[O-])cc2ccccc12)c1ccccc1.O=C(Oc1cc(S(=O)(=O)[O-])cc2ccccc12)c1ccccc1.[Ni+2]. The van der Waals surface area contributed by atoms with Gasteiger partial charge in [-0.25, -0.2) is 26.4 Å². The van der Waals surface area contributed by atoms with Crippen molar-refractivity contribution in [3.8, 4) is 11.5 Å². The normalized spacial score (nSPS) is 11.1. The zero-order valence-corrected chi connectivity index (χ0v) is 26.5. The molecule has 0 aliphatic rings. The standard InChI is InChI=1S/2C17H12O5S.Ni/c2*18-17(12-6-2-1-3-7-12)22-16-11-14(23(19,20)21)10-13-8-4-5-9-15(13)16;/h2*1-11H,(H,19,20,21);/q;;+2/p-2. The Labute approximate surface area is 280 Å². The fourth-order valence-corrected chi connectivity index (χ4v) is 5.47. The molecule has 0 spiro atoms. The molecule has 6 aromatic carbocycles. The van der Waals surface area contributed by atoms with Gasteiger partial charge in [0.2, 0.25) is 0 Å². The number of rotatable bonds is 6. The van der Waals surface area contributed by atoms with E-state index in [9.17, 15) is 35.5 Å². The van der Waals surface area contributed by atoms with Crippen LogP contribution in [-0.2, 0) is 36.7 Å². The minimum Gasteiger partial charge on any atom is -0.744 e. The Hall–Kier alpha value is -4.91. The second kappa shape index (κ2) is 14.7. The number of esters is 2. The van der Waals surface area contributed by atoms with Crippen molar-refractivity contribution in [3.05, 3.63) is 145 Å². The van der Waals surface area contributed by atoms with Crippen molar-refractivity contribution in [1.29, 1.82) is 0 Å². The molecule has 0 unspecified atom stereocenters. The van der Waals surface area contributed by atoms with Crippen LogP contribution in [0, 0.1) is 0 Å². The molecule has 47 heavy (non-hydrogen) atoms. The molecule has 6 aromatic rings. The quantitative estimate of drug-likeness (QED) is 0.0875. The molecule has 0 heterocycles. The van der Waals surface area contributed by atoms with E-state index in [2.05, 4.69) is 0 Å². The molecule has 0 bridgehead atoms. The van der Waals surface area contributed by atoms with Gasteiger partial charge in [-0.2, -0.15) is 0 Å². The summed E-state index contributed by atoms with van der Waals surface area (Å²) in [6.07, 6.45) is 0. The largest absolute Gasteiger partial charge is 2.00 e. The number of benzene rings is 6. The molecule has 0 radical (unpaired) electrons. The number of ether oxygens (including phenoxy) is 2. The van der Waals surface area contributed by atoms with Gasteiger partial charge in [0.15, 0.2) is 0 Å². The van der Waals surface area contributed by atoms with Gasteiger partial charge in [-0.05, 0) is 59.3 Å². The number of fused-ring (bicyclic) bond motifs is 2. The third-order valence-electron chi connectivity index (χ3n) is 6.60. The van der Waals surface area contributed by atoms with Crippen LogP contribution < -0.4 is 9.47 Å². The monoisotopic (exact) mass is 712 g/mol. The smallest absolute Gasteiger partial charge is 0.744 e. The predicted molar refractivity (Wildman–Crippen MR) is 167 cm³/mol. The first-order valence-electron chi connectivity index (χ1n) is 13.4. The molecule has 13 heteroatoms. The van der Waals surface area contributed by atoms with E-state index in [1.54, 1.807) is 109 Å².